The summed E-state index contributed by atoms with van der Waals surface area (Å²) in [6.07, 6.45) is 0. The Hall–Kier alpha value is -2.96. The molecule has 2 rings (SSSR count). The number of aryl methyl sites for hydroxylation is 1. The van der Waals surface area contributed by atoms with Gasteiger partial charge in [-0.05, 0) is 38.5 Å². The van der Waals surface area contributed by atoms with Gasteiger partial charge < -0.3 is 14.5 Å². The van der Waals surface area contributed by atoms with E-state index in [2.05, 4.69) is 4.98 Å². The van der Waals surface area contributed by atoms with Crippen molar-refractivity contribution in [1.29, 1.82) is 0 Å². The molecule has 132 valence electrons. The van der Waals surface area contributed by atoms with Gasteiger partial charge in [0.1, 0.15) is 11.5 Å². The van der Waals surface area contributed by atoms with Crippen LogP contribution >= 0.6 is 0 Å². The molecule has 1 N–H and O–H groups in total. The Labute approximate surface area is 143 Å². The van der Waals surface area contributed by atoms with Crippen molar-refractivity contribution in [2.45, 2.75) is 20.8 Å². The zero-order valence-electron chi connectivity index (χ0n) is 14.1. The van der Waals surface area contributed by atoms with E-state index in [0.29, 0.717) is 11.3 Å². The molecule has 0 unspecified atom stereocenters. The second-order valence-corrected chi connectivity index (χ2v) is 5.32. The van der Waals surface area contributed by atoms with E-state index in [4.69, 9.17) is 9.47 Å². The predicted octanol–water partition coefficient (Wildman–Crippen LogP) is 2.99. The minimum atomic E-state index is -0.772. The van der Waals surface area contributed by atoms with E-state index in [0.717, 1.165) is 6.07 Å². The first-order chi connectivity index (χ1) is 11.9. The van der Waals surface area contributed by atoms with Gasteiger partial charge in [-0.3, -0.25) is 4.79 Å². The molecule has 25 heavy (non-hydrogen) atoms. The van der Waals surface area contributed by atoms with Gasteiger partial charge in [0, 0.05) is 5.69 Å². The molecule has 1 heterocycles. The molecule has 0 aliphatic rings. The maximum atomic E-state index is 13.6. The number of Topliss-reactive ketones (excluding diaryl/α,β-unsaturated/α-hetero) is 1. The molecule has 0 aliphatic carbocycles. The second kappa shape index (κ2) is 7.74. The fourth-order valence-electron chi connectivity index (χ4n) is 2.43. The number of aromatic nitrogens is 1. The Morgan fingerprint density at radius 1 is 1.08 bits per heavy atom. The number of ketones is 1. The fourth-order valence-corrected chi connectivity index (χ4v) is 2.43. The molecule has 0 saturated heterocycles. The molecule has 0 radical (unpaired) electrons. The summed E-state index contributed by atoms with van der Waals surface area (Å²) in [7, 11) is 0. The van der Waals surface area contributed by atoms with Crippen LogP contribution in [0.4, 0.5) is 4.39 Å². The number of rotatable bonds is 6. The van der Waals surface area contributed by atoms with Gasteiger partial charge in [0.15, 0.2) is 6.61 Å². The van der Waals surface area contributed by atoms with E-state index in [1.807, 2.05) is 0 Å². The molecule has 7 heteroatoms. The quantitative estimate of drug-likeness (QED) is 0.641. The van der Waals surface area contributed by atoms with Crippen molar-refractivity contribution in [3.8, 4) is 0 Å². The number of esters is 2. The van der Waals surface area contributed by atoms with Crippen molar-refractivity contribution in [3.63, 3.8) is 0 Å². The van der Waals surface area contributed by atoms with Gasteiger partial charge in [-0.25, -0.2) is 14.0 Å². The van der Waals surface area contributed by atoms with Crippen LogP contribution in [0.1, 0.15) is 49.4 Å². The summed E-state index contributed by atoms with van der Waals surface area (Å²) >= 11 is 0. The zero-order valence-corrected chi connectivity index (χ0v) is 14.1. The topological polar surface area (TPSA) is 85.5 Å². The molecule has 2 aromatic rings. The van der Waals surface area contributed by atoms with E-state index >= 15 is 0 Å². The monoisotopic (exact) mass is 347 g/mol. The van der Waals surface area contributed by atoms with Crippen LogP contribution in [-0.4, -0.2) is 35.9 Å². The number of H-pyrrole nitrogens is 1. The van der Waals surface area contributed by atoms with E-state index in [9.17, 15) is 18.8 Å². The first-order valence-electron chi connectivity index (χ1n) is 7.67. The van der Waals surface area contributed by atoms with E-state index in [-0.39, 0.29) is 23.4 Å². The Bertz CT molecular complexity index is 825. The summed E-state index contributed by atoms with van der Waals surface area (Å²) in [5.74, 6) is -2.68. The SMILES string of the molecule is CCOC(=O)c1[nH]c(C)c(C(=O)OCC(=O)c2ccccc2F)c1C. The number of benzene rings is 1. The smallest absolute Gasteiger partial charge is 0.355 e. The largest absolute Gasteiger partial charge is 0.461 e. The van der Waals surface area contributed by atoms with Crippen molar-refractivity contribution in [2.24, 2.45) is 0 Å². The molecule has 0 atom stereocenters. The average Bonchev–Trinajstić information content (AvgIpc) is 2.87. The number of hydrogen-bond donors (Lipinski definition) is 1. The molecular weight excluding hydrogens is 329 g/mol. The number of carbonyl (C=O) groups is 3. The van der Waals surface area contributed by atoms with Crippen LogP contribution in [0.3, 0.4) is 0 Å². The zero-order chi connectivity index (χ0) is 18.6. The average molecular weight is 347 g/mol. The molecule has 0 bridgehead atoms. The maximum absolute atomic E-state index is 13.6. The highest BCUT2D eigenvalue weighted by atomic mass is 19.1. The van der Waals surface area contributed by atoms with Gasteiger partial charge in [-0.2, -0.15) is 0 Å². The standard InChI is InChI=1S/C18H18FNO5/c1-4-24-18(23)16-10(2)15(11(3)20-16)17(22)25-9-14(21)12-7-5-6-8-13(12)19/h5-8,20H,4,9H2,1-3H3. The Morgan fingerprint density at radius 3 is 2.40 bits per heavy atom. The molecule has 6 nitrogen and oxygen atoms in total. The van der Waals surface area contributed by atoms with E-state index < -0.39 is 30.1 Å². The normalized spacial score (nSPS) is 10.4. The third-order valence-electron chi connectivity index (χ3n) is 3.63. The summed E-state index contributed by atoms with van der Waals surface area (Å²) < 4.78 is 23.5. The highest BCUT2D eigenvalue weighted by Gasteiger charge is 2.24. The lowest BCUT2D eigenvalue weighted by molar-refractivity contribution is 0.0472. The van der Waals surface area contributed by atoms with E-state index in [1.165, 1.54) is 18.2 Å². The molecular formula is C18H18FNO5. The lowest BCUT2D eigenvalue weighted by atomic mass is 10.1. The van der Waals surface area contributed by atoms with Crippen molar-refractivity contribution in [1.82, 2.24) is 4.98 Å². The van der Waals surface area contributed by atoms with Gasteiger partial charge in [-0.1, -0.05) is 12.1 Å². The third kappa shape index (κ3) is 3.93. The van der Waals surface area contributed by atoms with Gasteiger partial charge in [0.2, 0.25) is 5.78 Å². The summed E-state index contributed by atoms with van der Waals surface area (Å²) in [5, 5.41) is 0. The summed E-state index contributed by atoms with van der Waals surface area (Å²) in [6.45, 7) is 4.45. The number of aromatic amines is 1. The minimum Gasteiger partial charge on any atom is -0.461 e. The van der Waals surface area contributed by atoms with Gasteiger partial charge in [0.25, 0.3) is 0 Å². The fraction of sp³-hybridized carbons (Fsp3) is 0.278. The molecule has 0 spiro atoms. The molecule has 0 amide bonds. The lowest BCUT2D eigenvalue weighted by Crippen LogP contribution is -2.16. The Kier molecular flexibility index (Phi) is 5.69. The van der Waals surface area contributed by atoms with Gasteiger partial charge >= 0.3 is 11.9 Å². The third-order valence-corrected chi connectivity index (χ3v) is 3.63. The lowest BCUT2D eigenvalue weighted by Gasteiger charge is -2.06. The predicted molar refractivity (Wildman–Crippen MR) is 87.2 cm³/mol. The van der Waals surface area contributed by atoms with Crippen LogP contribution in [0.5, 0.6) is 0 Å². The number of hydrogen-bond acceptors (Lipinski definition) is 5. The van der Waals surface area contributed by atoms with Crippen molar-refractivity contribution < 1.29 is 28.2 Å². The number of ether oxygens (including phenoxy) is 2. The summed E-state index contributed by atoms with van der Waals surface area (Å²) in [6, 6.07) is 5.45. The highest BCUT2D eigenvalue weighted by molar-refractivity contribution is 6.01. The Morgan fingerprint density at radius 2 is 1.76 bits per heavy atom. The maximum Gasteiger partial charge on any atom is 0.355 e. The highest BCUT2D eigenvalue weighted by Crippen LogP contribution is 2.20. The van der Waals surface area contributed by atoms with Crippen LogP contribution in [0.25, 0.3) is 0 Å². The van der Waals surface area contributed by atoms with Crippen LogP contribution in [-0.2, 0) is 9.47 Å². The van der Waals surface area contributed by atoms with Crippen LogP contribution in [0, 0.1) is 19.7 Å². The summed E-state index contributed by atoms with van der Waals surface area (Å²) in [4.78, 5) is 38.9. The summed E-state index contributed by atoms with van der Waals surface area (Å²) in [5.41, 5.74) is 0.962. The van der Waals surface area contributed by atoms with Crippen molar-refractivity contribution >= 4 is 17.7 Å². The first kappa shape index (κ1) is 18.4. The van der Waals surface area contributed by atoms with E-state index in [1.54, 1.807) is 20.8 Å². The molecule has 1 aromatic carbocycles. The first-order valence-corrected chi connectivity index (χ1v) is 7.67. The number of nitrogens with one attached hydrogen (secondary N) is 1. The molecule has 1 aromatic heterocycles. The van der Waals surface area contributed by atoms with Crippen molar-refractivity contribution in [2.75, 3.05) is 13.2 Å². The van der Waals surface area contributed by atoms with Crippen LogP contribution in [0.15, 0.2) is 24.3 Å². The van der Waals surface area contributed by atoms with Crippen molar-refractivity contribution in [3.05, 3.63) is 58.2 Å². The van der Waals surface area contributed by atoms with Crippen LogP contribution in [0.2, 0.25) is 0 Å². The number of halogens is 1. The molecule has 0 saturated carbocycles. The minimum absolute atomic E-state index is 0.148. The Balaban J connectivity index is 2.13. The van der Waals surface area contributed by atoms with Gasteiger partial charge in [-0.15, -0.1) is 0 Å². The van der Waals surface area contributed by atoms with Gasteiger partial charge in [0.05, 0.1) is 17.7 Å². The molecule has 0 aliphatic heterocycles. The number of carbonyl (C=O) groups excluding carboxylic acids is 3. The molecule has 0 fully saturated rings. The second-order valence-electron chi connectivity index (χ2n) is 5.32. The van der Waals surface area contributed by atoms with Crippen LogP contribution < -0.4 is 0 Å².